The molecule has 0 aliphatic heterocycles. The van der Waals surface area contributed by atoms with E-state index in [0.29, 0.717) is 5.56 Å². The number of rotatable bonds is 2. The number of anilines is 2. The minimum atomic E-state index is 0.554. The van der Waals surface area contributed by atoms with Crippen molar-refractivity contribution in [2.75, 3.05) is 5.32 Å². The lowest BCUT2D eigenvalue weighted by Crippen LogP contribution is -1.95. The molecular weight excluding hydrogens is 278 g/mol. The number of hydrogen-bond acceptors (Lipinski definition) is 3. The highest BCUT2D eigenvalue weighted by Gasteiger charge is 2.03. The second-order valence-electron chi connectivity index (χ2n) is 3.61. The van der Waals surface area contributed by atoms with Crippen LogP contribution in [0.1, 0.15) is 11.1 Å². The Kier molecular flexibility index (Phi) is 3.40. The normalized spacial score (nSPS) is 9.71. The molecule has 1 aromatic heterocycles. The summed E-state index contributed by atoms with van der Waals surface area (Å²) in [5.41, 5.74) is 2.67. The van der Waals surface area contributed by atoms with Gasteiger partial charge in [0.05, 0.1) is 11.3 Å². The van der Waals surface area contributed by atoms with Crippen molar-refractivity contribution in [2.24, 2.45) is 0 Å². The van der Waals surface area contributed by atoms with Gasteiger partial charge in [-0.05, 0) is 46.6 Å². The Hall–Kier alpha value is -1.86. The number of halogens is 1. The molecule has 0 unspecified atom stereocenters. The van der Waals surface area contributed by atoms with Crippen LogP contribution in [-0.2, 0) is 0 Å². The zero-order chi connectivity index (χ0) is 12.3. The molecule has 1 heterocycles. The molecule has 84 valence electrons. The third-order valence-electron chi connectivity index (χ3n) is 2.35. The number of pyridine rings is 1. The summed E-state index contributed by atoms with van der Waals surface area (Å²) in [5.74, 6) is 0.718. The molecular formula is C13H10BrN3. The Labute approximate surface area is 108 Å². The highest BCUT2D eigenvalue weighted by atomic mass is 79.9. The fraction of sp³-hybridized carbons (Fsp3) is 0.0769. The van der Waals surface area contributed by atoms with E-state index in [2.05, 4.69) is 26.2 Å². The molecule has 0 saturated carbocycles. The first-order chi connectivity index (χ1) is 8.20. The maximum atomic E-state index is 8.68. The Morgan fingerprint density at radius 1 is 1.29 bits per heavy atom. The zero-order valence-corrected chi connectivity index (χ0v) is 10.8. The van der Waals surface area contributed by atoms with Crippen LogP contribution in [0.5, 0.6) is 0 Å². The van der Waals surface area contributed by atoms with E-state index < -0.39 is 0 Å². The standard InChI is InChI=1S/C13H10BrN3/c1-9-3-2-4-11(13(9)14)17-12-6-5-10(7-15)8-16-12/h2-6,8H,1H3,(H,16,17). The smallest absolute Gasteiger partial charge is 0.130 e. The average Bonchev–Trinajstić information content (AvgIpc) is 2.36. The van der Waals surface area contributed by atoms with Crippen LogP contribution in [0.4, 0.5) is 11.5 Å². The highest BCUT2D eigenvalue weighted by molar-refractivity contribution is 9.10. The lowest BCUT2D eigenvalue weighted by atomic mass is 10.2. The van der Waals surface area contributed by atoms with Crippen LogP contribution < -0.4 is 5.32 Å². The number of aromatic nitrogens is 1. The lowest BCUT2D eigenvalue weighted by molar-refractivity contribution is 1.28. The lowest BCUT2D eigenvalue weighted by Gasteiger charge is -2.09. The molecule has 17 heavy (non-hydrogen) atoms. The van der Waals surface area contributed by atoms with Gasteiger partial charge in [-0.1, -0.05) is 12.1 Å². The van der Waals surface area contributed by atoms with Gasteiger partial charge in [-0.25, -0.2) is 4.98 Å². The molecule has 0 bridgehead atoms. The fourth-order valence-corrected chi connectivity index (χ4v) is 1.78. The quantitative estimate of drug-likeness (QED) is 0.915. The summed E-state index contributed by atoms with van der Waals surface area (Å²) in [6.45, 7) is 2.03. The molecule has 0 radical (unpaired) electrons. The third kappa shape index (κ3) is 2.63. The summed E-state index contributed by atoms with van der Waals surface area (Å²) in [7, 11) is 0. The maximum absolute atomic E-state index is 8.68. The molecule has 0 saturated heterocycles. The maximum Gasteiger partial charge on any atom is 0.130 e. The van der Waals surface area contributed by atoms with E-state index in [9.17, 15) is 0 Å². The van der Waals surface area contributed by atoms with Crippen molar-refractivity contribution < 1.29 is 0 Å². The van der Waals surface area contributed by atoms with E-state index >= 15 is 0 Å². The van der Waals surface area contributed by atoms with Crippen LogP contribution in [0.25, 0.3) is 0 Å². The van der Waals surface area contributed by atoms with E-state index in [4.69, 9.17) is 5.26 Å². The zero-order valence-electron chi connectivity index (χ0n) is 9.24. The first-order valence-electron chi connectivity index (χ1n) is 5.09. The molecule has 1 aromatic carbocycles. The topological polar surface area (TPSA) is 48.7 Å². The van der Waals surface area contributed by atoms with Crippen LogP contribution >= 0.6 is 15.9 Å². The first-order valence-corrected chi connectivity index (χ1v) is 5.88. The third-order valence-corrected chi connectivity index (χ3v) is 3.40. The molecule has 2 rings (SSSR count). The van der Waals surface area contributed by atoms with E-state index in [1.54, 1.807) is 18.3 Å². The number of nitrogens with zero attached hydrogens (tertiary/aromatic N) is 2. The van der Waals surface area contributed by atoms with Crippen molar-refractivity contribution >= 4 is 27.4 Å². The Bertz CT molecular complexity index is 570. The summed E-state index contributed by atoms with van der Waals surface area (Å²) in [6.07, 6.45) is 1.55. The van der Waals surface area contributed by atoms with Crippen LogP contribution in [-0.4, -0.2) is 4.98 Å². The molecule has 0 atom stereocenters. The Balaban J connectivity index is 2.26. The van der Waals surface area contributed by atoms with Gasteiger partial charge < -0.3 is 5.32 Å². The van der Waals surface area contributed by atoms with Gasteiger partial charge in [0.15, 0.2) is 0 Å². The van der Waals surface area contributed by atoms with Crippen LogP contribution in [0, 0.1) is 18.3 Å². The number of benzene rings is 1. The van der Waals surface area contributed by atoms with Crippen LogP contribution in [0.2, 0.25) is 0 Å². The predicted molar refractivity (Wildman–Crippen MR) is 71.1 cm³/mol. The Morgan fingerprint density at radius 3 is 2.76 bits per heavy atom. The van der Waals surface area contributed by atoms with E-state index in [0.717, 1.165) is 21.5 Å². The van der Waals surface area contributed by atoms with Gasteiger partial charge in [-0.15, -0.1) is 0 Å². The van der Waals surface area contributed by atoms with Gasteiger partial charge in [0, 0.05) is 10.7 Å². The largest absolute Gasteiger partial charge is 0.339 e. The van der Waals surface area contributed by atoms with Crippen molar-refractivity contribution in [3.63, 3.8) is 0 Å². The summed E-state index contributed by atoms with van der Waals surface area (Å²) < 4.78 is 1.02. The van der Waals surface area contributed by atoms with Gasteiger partial charge in [0.2, 0.25) is 0 Å². The second-order valence-corrected chi connectivity index (χ2v) is 4.40. The van der Waals surface area contributed by atoms with Gasteiger partial charge in [-0.3, -0.25) is 0 Å². The number of nitrogens with one attached hydrogen (secondary N) is 1. The molecule has 0 aliphatic rings. The summed E-state index contributed by atoms with van der Waals surface area (Å²) >= 11 is 3.52. The molecule has 0 amide bonds. The average molecular weight is 288 g/mol. The van der Waals surface area contributed by atoms with Crippen molar-refractivity contribution in [1.82, 2.24) is 4.98 Å². The highest BCUT2D eigenvalue weighted by Crippen LogP contribution is 2.27. The van der Waals surface area contributed by atoms with Crippen molar-refractivity contribution in [2.45, 2.75) is 6.92 Å². The van der Waals surface area contributed by atoms with E-state index in [-0.39, 0.29) is 0 Å². The van der Waals surface area contributed by atoms with Crippen molar-refractivity contribution in [3.8, 4) is 6.07 Å². The molecule has 3 nitrogen and oxygen atoms in total. The molecule has 0 spiro atoms. The molecule has 2 aromatic rings. The number of aryl methyl sites for hydroxylation is 1. The molecule has 0 fully saturated rings. The van der Waals surface area contributed by atoms with Crippen LogP contribution in [0.3, 0.4) is 0 Å². The Morgan fingerprint density at radius 2 is 2.12 bits per heavy atom. The van der Waals surface area contributed by atoms with E-state index in [1.807, 2.05) is 31.2 Å². The minimum absolute atomic E-state index is 0.554. The van der Waals surface area contributed by atoms with Gasteiger partial charge in [-0.2, -0.15) is 5.26 Å². The summed E-state index contributed by atoms with van der Waals surface area (Å²) in [4.78, 5) is 4.16. The van der Waals surface area contributed by atoms with Crippen molar-refractivity contribution in [3.05, 3.63) is 52.1 Å². The SMILES string of the molecule is Cc1cccc(Nc2ccc(C#N)cn2)c1Br. The first kappa shape index (κ1) is 11.6. The van der Waals surface area contributed by atoms with Gasteiger partial charge >= 0.3 is 0 Å². The van der Waals surface area contributed by atoms with E-state index in [1.165, 1.54) is 0 Å². The number of nitriles is 1. The number of hydrogen-bond donors (Lipinski definition) is 1. The fourth-order valence-electron chi connectivity index (χ4n) is 1.42. The summed E-state index contributed by atoms with van der Waals surface area (Å²) in [5, 5.41) is 11.9. The summed E-state index contributed by atoms with van der Waals surface area (Å²) in [6, 6.07) is 11.5. The molecule has 4 heteroatoms. The molecule has 0 aliphatic carbocycles. The van der Waals surface area contributed by atoms with Gasteiger partial charge in [0.1, 0.15) is 11.9 Å². The molecule has 1 N–H and O–H groups in total. The van der Waals surface area contributed by atoms with Gasteiger partial charge in [0.25, 0.3) is 0 Å². The monoisotopic (exact) mass is 287 g/mol. The second kappa shape index (κ2) is 4.98. The minimum Gasteiger partial charge on any atom is -0.339 e. The van der Waals surface area contributed by atoms with Crippen molar-refractivity contribution in [1.29, 1.82) is 5.26 Å². The predicted octanol–water partition coefficient (Wildman–Crippen LogP) is 3.77. The van der Waals surface area contributed by atoms with Crippen LogP contribution in [0.15, 0.2) is 41.0 Å².